The van der Waals surface area contributed by atoms with Crippen LogP contribution in [0.15, 0.2) is 66.7 Å². The topological polar surface area (TPSA) is 60.9 Å². The van der Waals surface area contributed by atoms with Crippen molar-refractivity contribution in [3.63, 3.8) is 0 Å². The van der Waals surface area contributed by atoms with E-state index < -0.39 is 5.97 Å². The highest BCUT2D eigenvalue weighted by Gasteiger charge is 2.23. The number of hydrogen-bond donors (Lipinski definition) is 1. The molecule has 0 atom stereocenters. The van der Waals surface area contributed by atoms with Crippen molar-refractivity contribution in [3.8, 4) is 0 Å². The van der Waals surface area contributed by atoms with Gasteiger partial charge in [-0.3, -0.25) is 9.59 Å². The lowest BCUT2D eigenvalue weighted by atomic mass is 10.0. The number of rotatable bonds is 5. The van der Waals surface area contributed by atoms with Crippen molar-refractivity contribution in [3.05, 3.63) is 77.9 Å². The zero-order chi connectivity index (χ0) is 20.2. The summed E-state index contributed by atoms with van der Waals surface area (Å²) >= 11 is 0. The van der Waals surface area contributed by atoms with Gasteiger partial charge in [0.15, 0.2) is 0 Å². The van der Waals surface area contributed by atoms with Gasteiger partial charge < -0.3 is 14.9 Å². The second kappa shape index (κ2) is 8.35. The van der Waals surface area contributed by atoms with Crippen LogP contribution in [-0.4, -0.2) is 48.1 Å². The summed E-state index contributed by atoms with van der Waals surface area (Å²) < 4.78 is 0. The summed E-state index contributed by atoms with van der Waals surface area (Å²) in [6.07, 6.45) is 0.638. The summed E-state index contributed by atoms with van der Waals surface area (Å²) in [6, 6.07) is 21.9. The molecule has 0 bridgehead atoms. The maximum atomic E-state index is 13.0. The van der Waals surface area contributed by atoms with Crippen LogP contribution < -0.4 is 4.90 Å². The van der Waals surface area contributed by atoms with E-state index in [1.807, 2.05) is 71.6 Å². The Morgan fingerprint density at radius 3 is 2.28 bits per heavy atom. The van der Waals surface area contributed by atoms with Gasteiger partial charge >= 0.3 is 5.97 Å². The fourth-order valence-corrected chi connectivity index (χ4v) is 3.93. The quantitative estimate of drug-likeness (QED) is 0.722. The minimum Gasteiger partial charge on any atom is -0.481 e. The Hall–Kier alpha value is -3.34. The van der Waals surface area contributed by atoms with E-state index in [1.54, 1.807) is 0 Å². The molecule has 1 heterocycles. The molecule has 1 N–H and O–H groups in total. The maximum Gasteiger partial charge on any atom is 0.303 e. The van der Waals surface area contributed by atoms with Crippen LogP contribution >= 0.6 is 0 Å². The first-order valence-electron chi connectivity index (χ1n) is 9.94. The Morgan fingerprint density at radius 2 is 1.52 bits per heavy atom. The van der Waals surface area contributed by atoms with E-state index in [-0.39, 0.29) is 12.3 Å². The highest BCUT2D eigenvalue weighted by Crippen LogP contribution is 2.24. The smallest absolute Gasteiger partial charge is 0.303 e. The van der Waals surface area contributed by atoms with Crippen molar-refractivity contribution in [2.45, 2.75) is 12.8 Å². The van der Waals surface area contributed by atoms with E-state index in [4.69, 9.17) is 5.11 Å². The summed E-state index contributed by atoms with van der Waals surface area (Å²) in [5.41, 5.74) is 2.84. The number of aryl methyl sites for hydroxylation is 1. The van der Waals surface area contributed by atoms with Crippen molar-refractivity contribution >= 4 is 28.3 Å². The SMILES string of the molecule is O=C(O)CCc1ccccc1N1CCN(C(=O)c2ccc3ccccc3c2)CC1. The molecule has 0 saturated carbocycles. The van der Waals surface area contributed by atoms with E-state index in [2.05, 4.69) is 4.90 Å². The molecule has 148 valence electrons. The summed E-state index contributed by atoms with van der Waals surface area (Å²) in [6.45, 7) is 2.78. The van der Waals surface area contributed by atoms with Gasteiger partial charge in [-0.2, -0.15) is 0 Å². The van der Waals surface area contributed by atoms with Gasteiger partial charge in [0.25, 0.3) is 5.91 Å². The van der Waals surface area contributed by atoms with Crippen LogP contribution in [0.3, 0.4) is 0 Å². The third kappa shape index (κ3) is 4.24. The molecule has 4 rings (SSSR count). The van der Waals surface area contributed by atoms with Crippen LogP contribution in [0.2, 0.25) is 0 Å². The molecule has 5 nitrogen and oxygen atoms in total. The molecule has 29 heavy (non-hydrogen) atoms. The molecule has 1 saturated heterocycles. The lowest BCUT2D eigenvalue weighted by Gasteiger charge is -2.37. The standard InChI is InChI=1S/C24H24N2O3/c27-23(28)12-11-19-6-3-4-8-22(19)25-13-15-26(16-14-25)24(29)21-10-9-18-5-1-2-7-20(18)17-21/h1-10,17H,11-16H2,(H,27,28). The molecule has 1 fully saturated rings. The molecule has 0 aliphatic carbocycles. The van der Waals surface area contributed by atoms with Gasteiger partial charge in [0.2, 0.25) is 0 Å². The van der Waals surface area contributed by atoms with Gasteiger partial charge in [-0.25, -0.2) is 0 Å². The van der Waals surface area contributed by atoms with E-state index in [9.17, 15) is 9.59 Å². The zero-order valence-electron chi connectivity index (χ0n) is 16.3. The first-order valence-corrected chi connectivity index (χ1v) is 9.94. The van der Waals surface area contributed by atoms with Gasteiger partial charge in [-0.1, -0.05) is 48.5 Å². The van der Waals surface area contributed by atoms with Crippen LogP contribution in [-0.2, 0) is 11.2 Å². The van der Waals surface area contributed by atoms with Gasteiger partial charge in [0, 0.05) is 43.9 Å². The molecule has 1 aliphatic rings. The first-order chi connectivity index (χ1) is 14.1. The molecule has 3 aromatic rings. The van der Waals surface area contributed by atoms with Gasteiger partial charge in [0.1, 0.15) is 0 Å². The van der Waals surface area contributed by atoms with Gasteiger partial charge in [-0.05, 0) is 41.0 Å². The Labute approximate surface area is 170 Å². The summed E-state index contributed by atoms with van der Waals surface area (Å²) in [5, 5.41) is 11.2. The number of para-hydroxylation sites is 1. The molecule has 0 unspecified atom stereocenters. The van der Waals surface area contributed by atoms with Crippen molar-refractivity contribution in [2.24, 2.45) is 0 Å². The average molecular weight is 388 g/mol. The number of carboxylic acid groups (broad SMARTS) is 1. The predicted octanol–water partition coefficient (Wildman–Crippen LogP) is 3.82. The lowest BCUT2D eigenvalue weighted by molar-refractivity contribution is -0.136. The van der Waals surface area contributed by atoms with E-state index in [1.165, 1.54) is 0 Å². The zero-order valence-corrected chi connectivity index (χ0v) is 16.3. The van der Waals surface area contributed by atoms with Crippen LogP contribution in [0, 0.1) is 0 Å². The largest absolute Gasteiger partial charge is 0.481 e. The summed E-state index contributed by atoms with van der Waals surface area (Å²) in [7, 11) is 0. The molecule has 3 aromatic carbocycles. The van der Waals surface area contributed by atoms with Crippen molar-refractivity contribution in [2.75, 3.05) is 31.1 Å². The van der Waals surface area contributed by atoms with Crippen LogP contribution in [0.1, 0.15) is 22.3 Å². The van der Waals surface area contributed by atoms with Gasteiger partial charge in [0.05, 0.1) is 0 Å². The van der Waals surface area contributed by atoms with Crippen molar-refractivity contribution in [1.29, 1.82) is 0 Å². The number of piperazine rings is 1. The van der Waals surface area contributed by atoms with Crippen LogP contribution in [0.4, 0.5) is 5.69 Å². The fraction of sp³-hybridized carbons (Fsp3) is 0.250. The maximum absolute atomic E-state index is 13.0. The van der Waals surface area contributed by atoms with E-state index >= 15 is 0 Å². The van der Waals surface area contributed by atoms with Crippen LogP contribution in [0.5, 0.6) is 0 Å². The number of hydrogen-bond acceptors (Lipinski definition) is 3. The molecular formula is C24H24N2O3. The Balaban J connectivity index is 1.44. The summed E-state index contributed by atoms with van der Waals surface area (Å²) in [5.74, 6) is -0.722. The monoisotopic (exact) mass is 388 g/mol. The number of carbonyl (C=O) groups is 2. The number of nitrogens with zero attached hydrogens (tertiary/aromatic N) is 2. The second-order valence-corrected chi connectivity index (χ2v) is 7.36. The molecule has 0 radical (unpaired) electrons. The van der Waals surface area contributed by atoms with Crippen molar-refractivity contribution < 1.29 is 14.7 Å². The highest BCUT2D eigenvalue weighted by molar-refractivity contribution is 5.98. The minimum absolute atomic E-state index is 0.0644. The molecule has 1 amide bonds. The number of carboxylic acids is 1. The first kappa shape index (κ1) is 19.0. The highest BCUT2D eigenvalue weighted by atomic mass is 16.4. The molecule has 5 heteroatoms. The number of anilines is 1. The number of amides is 1. The lowest BCUT2D eigenvalue weighted by Crippen LogP contribution is -2.49. The minimum atomic E-state index is -0.786. The fourth-order valence-electron chi connectivity index (χ4n) is 3.93. The third-order valence-corrected chi connectivity index (χ3v) is 5.50. The molecule has 0 spiro atoms. The van der Waals surface area contributed by atoms with E-state index in [0.29, 0.717) is 19.5 Å². The molecule has 1 aliphatic heterocycles. The Kier molecular flexibility index (Phi) is 5.47. The summed E-state index contributed by atoms with van der Waals surface area (Å²) in [4.78, 5) is 28.1. The third-order valence-electron chi connectivity index (χ3n) is 5.50. The second-order valence-electron chi connectivity index (χ2n) is 7.36. The van der Waals surface area contributed by atoms with Crippen LogP contribution in [0.25, 0.3) is 10.8 Å². The predicted molar refractivity (Wildman–Crippen MR) is 114 cm³/mol. The number of benzene rings is 3. The van der Waals surface area contributed by atoms with E-state index in [0.717, 1.165) is 40.7 Å². The number of aliphatic carboxylic acids is 1. The Morgan fingerprint density at radius 1 is 0.828 bits per heavy atom. The Bertz CT molecular complexity index is 1040. The number of fused-ring (bicyclic) bond motifs is 1. The molecule has 0 aromatic heterocycles. The van der Waals surface area contributed by atoms with Gasteiger partial charge in [-0.15, -0.1) is 0 Å². The number of carbonyl (C=O) groups excluding carboxylic acids is 1. The molecular weight excluding hydrogens is 364 g/mol. The average Bonchev–Trinajstić information content (AvgIpc) is 2.77. The normalized spacial score (nSPS) is 14.2. The van der Waals surface area contributed by atoms with Crippen molar-refractivity contribution in [1.82, 2.24) is 4.90 Å².